The van der Waals surface area contributed by atoms with E-state index in [0.717, 1.165) is 44.8 Å². The van der Waals surface area contributed by atoms with Crippen LogP contribution in [0.25, 0.3) is 0 Å². The number of anilines is 2. The van der Waals surface area contributed by atoms with Gasteiger partial charge in [0.25, 0.3) is 0 Å². The number of hydrogen-bond acceptors (Lipinski definition) is 4. The van der Waals surface area contributed by atoms with Gasteiger partial charge in [-0.3, -0.25) is 9.69 Å². The van der Waals surface area contributed by atoms with Crippen molar-refractivity contribution in [2.75, 3.05) is 49.1 Å². The van der Waals surface area contributed by atoms with Crippen LogP contribution in [-0.2, 0) is 4.79 Å². The van der Waals surface area contributed by atoms with Crippen molar-refractivity contribution in [1.82, 2.24) is 4.90 Å². The van der Waals surface area contributed by atoms with Gasteiger partial charge in [0, 0.05) is 48.6 Å². The number of hydrogen-bond donors (Lipinski definition) is 0. The Morgan fingerprint density at radius 3 is 2.44 bits per heavy atom. The lowest BCUT2D eigenvalue weighted by atomic mass is 10.2. The molecule has 0 N–H and O–H groups in total. The van der Waals surface area contributed by atoms with Crippen LogP contribution >= 0.6 is 11.8 Å². The predicted octanol–water partition coefficient (Wildman–Crippen LogP) is 3.73. The molecule has 4 rings (SSSR count). The molecule has 0 aliphatic carbocycles. The Morgan fingerprint density at radius 1 is 0.963 bits per heavy atom. The number of para-hydroxylation sites is 2. The first-order valence-corrected chi connectivity index (χ1v) is 10.7. The number of thioether (sulfide) groups is 1. The fraction of sp³-hybridized carbons (Fsp3) is 0.409. The van der Waals surface area contributed by atoms with Gasteiger partial charge in [0.15, 0.2) is 0 Å². The van der Waals surface area contributed by atoms with Crippen LogP contribution in [-0.4, -0.2) is 55.3 Å². The van der Waals surface area contributed by atoms with Crippen LogP contribution in [0.15, 0.2) is 59.5 Å². The Hall–Kier alpha value is -1.98. The number of amides is 1. The van der Waals surface area contributed by atoms with Gasteiger partial charge < -0.3 is 9.80 Å². The maximum absolute atomic E-state index is 13.1. The smallest absolute Gasteiger partial charge is 0.241 e. The second-order valence-corrected chi connectivity index (χ2v) is 8.81. The molecule has 1 atom stereocenters. The molecule has 27 heavy (non-hydrogen) atoms. The SMILES string of the molecule is C[C@@H]1CCN(C(=O)CN2CCN(c3ccccc3)CC2)c2ccccc2S1. The van der Waals surface area contributed by atoms with Crippen molar-refractivity contribution in [3.8, 4) is 0 Å². The van der Waals surface area contributed by atoms with Crippen molar-refractivity contribution in [2.45, 2.75) is 23.5 Å². The van der Waals surface area contributed by atoms with E-state index in [0.29, 0.717) is 11.8 Å². The maximum Gasteiger partial charge on any atom is 0.241 e. The van der Waals surface area contributed by atoms with Crippen molar-refractivity contribution in [1.29, 1.82) is 0 Å². The van der Waals surface area contributed by atoms with Gasteiger partial charge >= 0.3 is 0 Å². The van der Waals surface area contributed by atoms with Crippen LogP contribution in [0.4, 0.5) is 11.4 Å². The molecular formula is C22H27N3OS. The zero-order chi connectivity index (χ0) is 18.6. The molecule has 0 bridgehead atoms. The molecule has 1 amide bonds. The van der Waals surface area contributed by atoms with Crippen LogP contribution in [0.3, 0.4) is 0 Å². The van der Waals surface area contributed by atoms with Gasteiger partial charge in [-0.25, -0.2) is 0 Å². The number of benzene rings is 2. The standard InChI is InChI=1S/C22H27N3OS/c1-18-11-12-25(20-9-5-6-10-21(20)27-18)22(26)17-23-13-15-24(16-14-23)19-7-3-2-4-8-19/h2-10,18H,11-17H2,1H3/t18-/m1/s1. The highest BCUT2D eigenvalue weighted by molar-refractivity contribution is 8.00. The molecule has 0 saturated carbocycles. The van der Waals surface area contributed by atoms with E-state index in [1.165, 1.54) is 10.6 Å². The highest BCUT2D eigenvalue weighted by Gasteiger charge is 2.26. The molecule has 0 aromatic heterocycles. The van der Waals surface area contributed by atoms with E-state index in [4.69, 9.17) is 0 Å². The first-order valence-electron chi connectivity index (χ1n) is 9.79. The molecule has 2 aliphatic rings. The van der Waals surface area contributed by atoms with Crippen molar-refractivity contribution < 1.29 is 4.79 Å². The summed E-state index contributed by atoms with van der Waals surface area (Å²) >= 11 is 1.88. The van der Waals surface area contributed by atoms with Crippen molar-refractivity contribution >= 4 is 29.0 Å². The van der Waals surface area contributed by atoms with E-state index in [2.05, 4.69) is 65.3 Å². The summed E-state index contributed by atoms with van der Waals surface area (Å²) in [5, 5.41) is 0.540. The highest BCUT2D eigenvalue weighted by Crippen LogP contribution is 2.37. The topological polar surface area (TPSA) is 26.8 Å². The summed E-state index contributed by atoms with van der Waals surface area (Å²) in [6, 6.07) is 18.9. The Labute approximate surface area is 166 Å². The maximum atomic E-state index is 13.1. The van der Waals surface area contributed by atoms with Gasteiger partial charge in [0.2, 0.25) is 5.91 Å². The van der Waals surface area contributed by atoms with Crippen molar-refractivity contribution in [3.05, 3.63) is 54.6 Å². The fourth-order valence-corrected chi connectivity index (χ4v) is 4.94. The number of carbonyl (C=O) groups excluding carboxylic acids is 1. The molecule has 2 aromatic rings. The molecule has 142 valence electrons. The molecule has 0 unspecified atom stereocenters. The zero-order valence-corrected chi connectivity index (χ0v) is 16.7. The largest absolute Gasteiger partial charge is 0.369 e. The number of nitrogens with zero attached hydrogens (tertiary/aromatic N) is 3. The summed E-state index contributed by atoms with van der Waals surface area (Å²) in [7, 11) is 0. The quantitative estimate of drug-likeness (QED) is 0.810. The van der Waals surface area contributed by atoms with Gasteiger partial charge in [0.1, 0.15) is 0 Å². The Morgan fingerprint density at radius 2 is 1.67 bits per heavy atom. The summed E-state index contributed by atoms with van der Waals surface area (Å²) in [6.07, 6.45) is 1.03. The minimum absolute atomic E-state index is 0.227. The summed E-state index contributed by atoms with van der Waals surface area (Å²) < 4.78 is 0. The Kier molecular flexibility index (Phi) is 5.69. The second-order valence-electron chi connectivity index (χ2n) is 7.33. The second kappa shape index (κ2) is 8.36. The molecule has 0 spiro atoms. The third-order valence-corrected chi connectivity index (χ3v) is 6.63. The third-order valence-electron chi connectivity index (χ3n) is 5.40. The summed E-state index contributed by atoms with van der Waals surface area (Å²) in [4.78, 5) is 21.0. The van der Waals surface area contributed by atoms with E-state index in [-0.39, 0.29) is 5.91 Å². The van der Waals surface area contributed by atoms with E-state index >= 15 is 0 Å². The van der Waals surface area contributed by atoms with Crippen LogP contribution < -0.4 is 9.80 Å². The molecular weight excluding hydrogens is 354 g/mol. The average Bonchev–Trinajstić information content (AvgIpc) is 2.87. The lowest BCUT2D eigenvalue weighted by Gasteiger charge is -2.36. The number of piperazine rings is 1. The van der Waals surface area contributed by atoms with Crippen molar-refractivity contribution in [2.24, 2.45) is 0 Å². The predicted molar refractivity (Wildman–Crippen MR) is 114 cm³/mol. The van der Waals surface area contributed by atoms with Gasteiger partial charge in [-0.15, -0.1) is 11.8 Å². The summed E-state index contributed by atoms with van der Waals surface area (Å²) in [5.74, 6) is 0.227. The minimum Gasteiger partial charge on any atom is -0.369 e. The van der Waals surface area contributed by atoms with Gasteiger partial charge in [-0.2, -0.15) is 0 Å². The Balaban J connectivity index is 1.39. The highest BCUT2D eigenvalue weighted by atomic mass is 32.2. The van der Waals surface area contributed by atoms with E-state index in [1.807, 2.05) is 22.7 Å². The Bertz CT molecular complexity index is 774. The third kappa shape index (κ3) is 4.30. The summed E-state index contributed by atoms with van der Waals surface area (Å²) in [6.45, 7) is 7.38. The molecule has 2 heterocycles. The summed E-state index contributed by atoms with van der Waals surface area (Å²) in [5.41, 5.74) is 2.36. The van der Waals surface area contributed by atoms with Crippen LogP contribution in [0.1, 0.15) is 13.3 Å². The number of fused-ring (bicyclic) bond motifs is 1. The van der Waals surface area contributed by atoms with E-state index in [9.17, 15) is 4.79 Å². The van der Waals surface area contributed by atoms with E-state index < -0.39 is 0 Å². The van der Waals surface area contributed by atoms with Gasteiger partial charge in [0.05, 0.1) is 12.2 Å². The molecule has 4 nitrogen and oxygen atoms in total. The lowest BCUT2D eigenvalue weighted by molar-refractivity contribution is -0.119. The van der Waals surface area contributed by atoms with Crippen LogP contribution in [0, 0.1) is 0 Å². The number of carbonyl (C=O) groups is 1. The van der Waals surface area contributed by atoms with Crippen LogP contribution in [0.5, 0.6) is 0 Å². The molecule has 5 heteroatoms. The molecule has 2 aliphatic heterocycles. The van der Waals surface area contributed by atoms with Crippen molar-refractivity contribution in [3.63, 3.8) is 0 Å². The lowest BCUT2D eigenvalue weighted by Crippen LogP contribution is -2.50. The molecule has 1 saturated heterocycles. The first kappa shape index (κ1) is 18.4. The van der Waals surface area contributed by atoms with Crippen LogP contribution in [0.2, 0.25) is 0 Å². The van der Waals surface area contributed by atoms with E-state index in [1.54, 1.807) is 0 Å². The first-order chi connectivity index (χ1) is 13.2. The van der Waals surface area contributed by atoms with Gasteiger partial charge in [-0.1, -0.05) is 37.3 Å². The monoisotopic (exact) mass is 381 g/mol. The fourth-order valence-electron chi connectivity index (χ4n) is 3.83. The average molecular weight is 382 g/mol. The molecule has 1 fully saturated rings. The zero-order valence-electron chi connectivity index (χ0n) is 15.9. The molecule has 2 aromatic carbocycles. The molecule has 0 radical (unpaired) electrons. The normalized spacial score (nSPS) is 20.9. The number of rotatable bonds is 3. The van der Waals surface area contributed by atoms with Gasteiger partial charge in [-0.05, 0) is 30.7 Å². The minimum atomic E-state index is 0.227.